The summed E-state index contributed by atoms with van der Waals surface area (Å²) >= 11 is 0. The van der Waals surface area contributed by atoms with Crippen molar-refractivity contribution in [3.8, 4) is 6.07 Å². The molecule has 0 bridgehead atoms. The third-order valence-corrected chi connectivity index (χ3v) is 1.83. The van der Waals surface area contributed by atoms with Crippen molar-refractivity contribution in [3.05, 3.63) is 47.5 Å². The van der Waals surface area contributed by atoms with Crippen LogP contribution in [0.3, 0.4) is 0 Å². The molecule has 0 aliphatic heterocycles. The van der Waals surface area contributed by atoms with Gasteiger partial charge in [0.1, 0.15) is 0 Å². The van der Waals surface area contributed by atoms with E-state index >= 15 is 0 Å². The highest BCUT2D eigenvalue weighted by Crippen LogP contribution is 2.03. The number of nitrogens with one attached hydrogen (secondary N) is 1. The Kier molecular flexibility index (Phi) is 3.64. The summed E-state index contributed by atoms with van der Waals surface area (Å²) in [4.78, 5) is 11.5. The lowest BCUT2D eigenvalue weighted by atomic mass is 10.1. The molecule has 0 spiro atoms. The van der Waals surface area contributed by atoms with Gasteiger partial charge in [0.15, 0.2) is 0 Å². The molecule has 1 N–H and O–H groups in total. The molecule has 3 heteroatoms. The standard InChI is InChI=1S/C12H12N2O/c1-9(2)8-14-12(15)11-5-3-10(7-13)4-6-11/h3-6H,1,8H2,2H3,(H,14,15). The molecule has 1 aromatic carbocycles. The third kappa shape index (κ3) is 3.28. The molecule has 3 nitrogen and oxygen atoms in total. The van der Waals surface area contributed by atoms with Crippen LogP contribution in [-0.4, -0.2) is 12.5 Å². The average molecular weight is 200 g/mol. The second-order valence-corrected chi connectivity index (χ2v) is 3.33. The van der Waals surface area contributed by atoms with Gasteiger partial charge in [0.25, 0.3) is 5.91 Å². The Morgan fingerprint density at radius 3 is 2.53 bits per heavy atom. The number of benzene rings is 1. The van der Waals surface area contributed by atoms with E-state index in [0.29, 0.717) is 17.7 Å². The number of amides is 1. The zero-order valence-corrected chi connectivity index (χ0v) is 8.58. The molecule has 0 atom stereocenters. The van der Waals surface area contributed by atoms with Crippen LogP contribution in [0.5, 0.6) is 0 Å². The summed E-state index contributed by atoms with van der Waals surface area (Å²) < 4.78 is 0. The van der Waals surface area contributed by atoms with Gasteiger partial charge in [0.05, 0.1) is 11.6 Å². The van der Waals surface area contributed by atoms with E-state index < -0.39 is 0 Å². The predicted molar refractivity (Wildman–Crippen MR) is 58.3 cm³/mol. The van der Waals surface area contributed by atoms with Crippen molar-refractivity contribution >= 4 is 5.91 Å². The lowest BCUT2D eigenvalue weighted by Crippen LogP contribution is -2.24. The van der Waals surface area contributed by atoms with Crippen molar-refractivity contribution in [2.24, 2.45) is 0 Å². The predicted octanol–water partition coefficient (Wildman–Crippen LogP) is 1.86. The molecule has 1 aromatic rings. The van der Waals surface area contributed by atoms with E-state index in [-0.39, 0.29) is 5.91 Å². The fourth-order valence-corrected chi connectivity index (χ4v) is 1.03. The van der Waals surface area contributed by atoms with Gasteiger partial charge < -0.3 is 5.32 Å². The normalized spacial score (nSPS) is 9.07. The van der Waals surface area contributed by atoms with Crippen molar-refractivity contribution in [2.45, 2.75) is 6.92 Å². The fraction of sp³-hybridized carbons (Fsp3) is 0.167. The summed E-state index contributed by atoms with van der Waals surface area (Å²) in [6, 6.07) is 8.50. The van der Waals surface area contributed by atoms with E-state index in [1.165, 1.54) is 0 Å². The topological polar surface area (TPSA) is 52.9 Å². The quantitative estimate of drug-likeness (QED) is 0.757. The van der Waals surface area contributed by atoms with E-state index in [1.807, 2.05) is 13.0 Å². The van der Waals surface area contributed by atoms with Gasteiger partial charge in [-0.3, -0.25) is 4.79 Å². The smallest absolute Gasteiger partial charge is 0.251 e. The molecule has 0 aliphatic carbocycles. The highest BCUT2D eigenvalue weighted by atomic mass is 16.1. The van der Waals surface area contributed by atoms with Gasteiger partial charge in [-0.15, -0.1) is 0 Å². The molecule has 0 saturated carbocycles. The van der Waals surface area contributed by atoms with Crippen LogP contribution in [0, 0.1) is 11.3 Å². The SMILES string of the molecule is C=C(C)CNC(=O)c1ccc(C#N)cc1. The molecule has 0 aromatic heterocycles. The Morgan fingerprint density at radius 2 is 2.07 bits per heavy atom. The summed E-state index contributed by atoms with van der Waals surface area (Å²) in [5, 5.41) is 11.3. The first-order valence-corrected chi connectivity index (χ1v) is 4.56. The van der Waals surface area contributed by atoms with Crippen LogP contribution in [0.1, 0.15) is 22.8 Å². The minimum atomic E-state index is -0.150. The molecule has 0 heterocycles. The van der Waals surface area contributed by atoms with Crippen LogP contribution in [0.2, 0.25) is 0 Å². The summed E-state index contributed by atoms with van der Waals surface area (Å²) in [5.74, 6) is -0.150. The van der Waals surface area contributed by atoms with Crippen LogP contribution in [-0.2, 0) is 0 Å². The third-order valence-electron chi connectivity index (χ3n) is 1.83. The van der Waals surface area contributed by atoms with Gasteiger partial charge in [0.2, 0.25) is 0 Å². The summed E-state index contributed by atoms with van der Waals surface area (Å²) in [5.41, 5.74) is 2.00. The maximum Gasteiger partial charge on any atom is 0.251 e. The molecular weight excluding hydrogens is 188 g/mol. The molecule has 0 fully saturated rings. The number of carbonyl (C=O) groups is 1. The molecule has 1 amide bonds. The Morgan fingerprint density at radius 1 is 1.47 bits per heavy atom. The Labute approximate surface area is 89.0 Å². The van der Waals surface area contributed by atoms with Crippen LogP contribution < -0.4 is 5.32 Å². The maximum absolute atomic E-state index is 11.5. The molecular formula is C12H12N2O. The van der Waals surface area contributed by atoms with Crippen LogP contribution in [0.25, 0.3) is 0 Å². The summed E-state index contributed by atoms with van der Waals surface area (Å²) in [6.07, 6.45) is 0. The van der Waals surface area contributed by atoms with Crippen LogP contribution in [0.4, 0.5) is 0 Å². The van der Waals surface area contributed by atoms with Gasteiger partial charge >= 0.3 is 0 Å². The van der Waals surface area contributed by atoms with Crippen molar-refractivity contribution in [1.29, 1.82) is 5.26 Å². The molecule has 0 unspecified atom stereocenters. The monoisotopic (exact) mass is 200 g/mol. The molecule has 0 radical (unpaired) electrons. The van der Waals surface area contributed by atoms with E-state index in [1.54, 1.807) is 24.3 Å². The van der Waals surface area contributed by atoms with Crippen molar-refractivity contribution in [3.63, 3.8) is 0 Å². The number of hydrogen-bond donors (Lipinski definition) is 1. The molecule has 0 saturated heterocycles. The van der Waals surface area contributed by atoms with E-state index in [9.17, 15) is 4.79 Å². The maximum atomic E-state index is 11.5. The summed E-state index contributed by atoms with van der Waals surface area (Å²) in [7, 11) is 0. The average Bonchev–Trinajstić information content (AvgIpc) is 2.26. The Bertz CT molecular complexity index is 412. The highest BCUT2D eigenvalue weighted by molar-refractivity contribution is 5.94. The molecule has 76 valence electrons. The van der Waals surface area contributed by atoms with Crippen molar-refractivity contribution in [1.82, 2.24) is 5.32 Å². The van der Waals surface area contributed by atoms with E-state index in [0.717, 1.165) is 5.57 Å². The lowest BCUT2D eigenvalue weighted by Gasteiger charge is -2.04. The minimum Gasteiger partial charge on any atom is -0.348 e. The Balaban J connectivity index is 2.67. The Hall–Kier alpha value is -2.08. The lowest BCUT2D eigenvalue weighted by molar-refractivity contribution is 0.0957. The highest BCUT2D eigenvalue weighted by Gasteiger charge is 2.03. The number of carbonyl (C=O) groups excluding carboxylic acids is 1. The first kappa shape index (κ1) is 11.0. The van der Waals surface area contributed by atoms with Gasteiger partial charge in [-0.2, -0.15) is 5.26 Å². The van der Waals surface area contributed by atoms with Gasteiger partial charge in [-0.1, -0.05) is 12.2 Å². The first-order valence-electron chi connectivity index (χ1n) is 4.56. The number of nitrogens with zero attached hydrogens (tertiary/aromatic N) is 1. The van der Waals surface area contributed by atoms with Gasteiger partial charge in [0, 0.05) is 12.1 Å². The van der Waals surface area contributed by atoms with Crippen LogP contribution >= 0.6 is 0 Å². The number of hydrogen-bond acceptors (Lipinski definition) is 2. The number of nitriles is 1. The zero-order chi connectivity index (χ0) is 11.3. The second-order valence-electron chi connectivity index (χ2n) is 3.33. The minimum absolute atomic E-state index is 0.150. The molecule has 1 rings (SSSR count). The number of rotatable bonds is 3. The molecule has 15 heavy (non-hydrogen) atoms. The largest absolute Gasteiger partial charge is 0.348 e. The van der Waals surface area contributed by atoms with E-state index in [2.05, 4.69) is 11.9 Å². The second kappa shape index (κ2) is 4.97. The molecule has 0 aliphatic rings. The zero-order valence-electron chi connectivity index (χ0n) is 8.58. The van der Waals surface area contributed by atoms with Gasteiger partial charge in [-0.05, 0) is 31.2 Å². The van der Waals surface area contributed by atoms with Crippen LogP contribution in [0.15, 0.2) is 36.4 Å². The van der Waals surface area contributed by atoms with E-state index in [4.69, 9.17) is 5.26 Å². The van der Waals surface area contributed by atoms with Crippen molar-refractivity contribution < 1.29 is 4.79 Å². The van der Waals surface area contributed by atoms with Gasteiger partial charge in [-0.25, -0.2) is 0 Å². The van der Waals surface area contributed by atoms with Crippen molar-refractivity contribution in [2.75, 3.05) is 6.54 Å². The summed E-state index contributed by atoms with van der Waals surface area (Å²) in [6.45, 7) is 6.01. The first-order chi connectivity index (χ1) is 7.13. The fourth-order valence-electron chi connectivity index (χ4n) is 1.03.